The molecule has 1 saturated carbocycles. The zero-order valence-corrected chi connectivity index (χ0v) is 8.59. The molecule has 0 unspecified atom stereocenters. The number of hydrogen-bond acceptors (Lipinski definition) is 2. The summed E-state index contributed by atoms with van der Waals surface area (Å²) < 4.78 is 5.04. The van der Waals surface area contributed by atoms with Gasteiger partial charge in [0.15, 0.2) is 0 Å². The van der Waals surface area contributed by atoms with E-state index in [1.165, 1.54) is 32.1 Å². The summed E-state index contributed by atoms with van der Waals surface area (Å²) in [7, 11) is 1.69. The van der Waals surface area contributed by atoms with Crippen LogP contribution in [0.4, 0.5) is 0 Å². The van der Waals surface area contributed by atoms with E-state index in [0.717, 1.165) is 18.1 Å². The largest absolute Gasteiger partial charge is 0.502 e. The number of allylic oxidation sites excluding steroid dienone is 1. The van der Waals surface area contributed by atoms with Crippen LogP contribution in [0.2, 0.25) is 0 Å². The number of ether oxygens (including phenoxy) is 1. The number of methoxy groups -OCH3 is 1. The van der Waals surface area contributed by atoms with Crippen LogP contribution in [0.25, 0.3) is 0 Å². The third kappa shape index (κ3) is 3.81. The smallest absolute Gasteiger partial charge is 0.0884 e. The maximum absolute atomic E-state index is 5.84. The molecule has 0 atom stereocenters. The molecule has 0 amide bonds. The minimum atomic E-state index is 0.460. The first-order valence-corrected chi connectivity index (χ1v) is 5.19. The van der Waals surface area contributed by atoms with Gasteiger partial charge in [-0.2, -0.15) is 0 Å². The van der Waals surface area contributed by atoms with E-state index in [2.05, 4.69) is 6.58 Å². The fraction of sp³-hybridized carbons (Fsp3) is 0.818. The molecule has 0 aromatic heterocycles. The van der Waals surface area contributed by atoms with Gasteiger partial charge in [-0.05, 0) is 38.0 Å². The Morgan fingerprint density at radius 3 is 2.54 bits per heavy atom. The SMILES string of the molecule is C=C(CCC1CCC(N)CC1)OC. The Morgan fingerprint density at radius 1 is 1.38 bits per heavy atom. The van der Waals surface area contributed by atoms with E-state index >= 15 is 0 Å². The van der Waals surface area contributed by atoms with Crippen molar-refractivity contribution in [2.45, 2.75) is 44.6 Å². The summed E-state index contributed by atoms with van der Waals surface area (Å²) in [5.41, 5.74) is 5.84. The zero-order valence-electron chi connectivity index (χ0n) is 8.59. The second-order valence-corrected chi connectivity index (χ2v) is 4.06. The van der Waals surface area contributed by atoms with Crippen LogP contribution in [0.3, 0.4) is 0 Å². The van der Waals surface area contributed by atoms with E-state index in [1.807, 2.05) is 0 Å². The lowest BCUT2D eigenvalue weighted by Gasteiger charge is -2.25. The first-order valence-electron chi connectivity index (χ1n) is 5.19. The molecular weight excluding hydrogens is 162 g/mol. The lowest BCUT2D eigenvalue weighted by molar-refractivity contribution is 0.253. The van der Waals surface area contributed by atoms with Crippen molar-refractivity contribution in [2.24, 2.45) is 11.7 Å². The lowest BCUT2D eigenvalue weighted by Crippen LogP contribution is -2.26. The Labute approximate surface area is 81.1 Å². The van der Waals surface area contributed by atoms with E-state index in [-0.39, 0.29) is 0 Å². The summed E-state index contributed by atoms with van der Waals surface area (Å²) in [6, 6.07) is 0.460. The highest BCUT2D eigenvalue weighted by Crippen LogP contribution is 2.27. The number of rotatable bonds is 4. The monoisotopic (exact) mass is 183 g/mol. The molecule has 2 nitrogen and oxygen atoms in total. The van der Waals surface area contributed by atoms with Gasteiger partial charge in [-0.15, -0.1) is 0 Å². The minimum Gasteiger partial charge on any atom is -0.502 e. The first kappa shape index (κ1) is 10.6. The Kier molecular flexibility index (Phi) is 4.29. The third-order valence-corrected chi connectivity index (χ3v) is 3.01. The van der Waals surface area contributed by atoms with Gasteiger partial charge in [0.2, 0.25) is 0 Å². The molecule has 1 fully saturated rings. The molecule has 1 rings (SSSR count). The Morgan fingerprint density at radius 2 is 2.00 bits per heavy atom. The van der Waals surface area contributed by atoms with Crippen LogP contribution in [-0.2, 0) is 4.74 Å². The second-order valence-electron chi connectivity index (χ2n) is 4.06. The van der Waals surface area contributed by atoms with Gasteiger partial charge < -0.3 is 10.5 Å². The van der Waals surface area contributed by atoms with Crippen molar-refractivity contribution in [3.63, 3.8) is 0 Å². The van der Waals surface area contributed by atoms with Gasteiger partial charge in [0, 0.05) is 12.5 Å². The van der Waals surface area contributed by atoms with Gasteiger partial charge >= 0.3 is 0 Å². The summed E-state index contributed by atoms with van der Waals surface area (Å²) in [4.78, 5) is 0. The van der Waals surface area contributed by atoms with Crippen LogP contribution in [0.15, 0.2) is 12.3 Å². The van der Waals surface area contributed by atoms with E-state index < -0.39 is 0 Å². The topological polar surface area (TPSA) is 35.2 Å². The molecule has 13 heavy (non-hydrogen) atoms. The van der Waals surface area contributed by atoms with Crippen molar-refractivity contribution in [1.29, 1.82) is 0 Å². The Balaban J connectivity index is 2.12. The van der Waals surface area contributed by atoms with Crippen LogP contribution in [-0.4, -0.2) is 13.2 Å². The fourth-order valence-corrected chi connectivity index (χ4v) is 1.94. The minimum absolute atomic E-state index is 0.460. The van der Waals surface area contributed by atoms with E-state index in [1.54, 1.807) is 7.11 Å². The normalized spacial score (nSPS) is 28.5. The van der Waals surface area contributed by atoms with Crippen LogP contribution in [0.1, 0.15) is 38.5 Å². The van der Waals surface area contributed by atoms with Gasteiger partial charge in [0.05, 0.1) is 12.9 Å². The predicted molar refractivity (Wildman–Crippen MR) is 55.3 cm³/mol. The van der Waals surface area contributed by atoms with Crippen LogP contribution >= 0.6 is 0 Å². The van der Waals surface area contributed by atoms with Crippen molar-refractivity contribution in [2.75, 3.05) is 7.11 Å². The summed E-state index contributed by atoms with van der Waals surface area (Å²) in [6.07, 6.45) is 7.21. The zero-order chi connectivity index (χ0) is 9.68. The van der Waals surface area contributed by atoms with E-state index in [0.29, 0.717) is 6.04 Å². The van der Waals surface area contributed by atoms with Gasteiger partial charge in [-0.1, -0.05) is 6.58 Å². The van der Waals surface area contributed by atoms with Crippen LogP contribution in [0.5, 0.6) is 0 Å². The molecule has 2 N–H and O–H groups in total. The van der Waals surface area contributed by atoms with Crippen molar-refractivity contribution in [1.82, 2.24) is 0 Å². The second kappa shape index (κ2) is 5.28. The molecule has 2 heteroatoms. The van der Waals surface area contributed by atoms with Crippen molar-refractivity contribution in [3.8, 4) is 0 Å². The highest BCUT2D eigenvalue weighted by Gasteiger charge is 2.18. The molecule has 1 aliphatic carbocycles. The molecule has 0 aliphatic heterocycles. The van der Waals surface area contributed by atoms with Crippen molar-refractivity contribution < 1.29 is 4.74 Å². The summed E-state index contributed by atoms with van der Waals surface area (Å²) >= 11 is 0. The van der Waals surface area contributed by atoms with Gasteiger partial charge in [-0.3, -0.25) is 0 Å². The van der Waals surface area contributed by atoms with Gasteiger partial charge in [-0.25, -0.2) is 0 Å². The molecule has 76 valence electrons. The number of hydrogen-bond donors (Lipinski definition) is 1. The maximum Gasteiger partial charge on any atom is 0.0884 e. The molecule has 0 aromatic carbocycles. The molecule has 0 radical (unpaired) electrons. The quantitative estimate of drug-likeness (QED) is 0.679. The molecule has 0 bridgehead atoms. The van der Waals surface area contributed by atoms with Crippen LogP contribution < -0.4 is 5.73 Å². The van der Waals surface area contributed by atoms with Gasteiger partial charge in [0.25, 0.3) is 0 Å². The third-order valence-electron chi connectivity index (χ3n) is 3.01. The maximum atomic E-state index is 5.84. The molecule has 0 saturated heterocycles. The van der Waals surface area contributed by atoms with E-state index in [4.69, 9.17) is 10.5 Å². The lowest BCUT2D eigenvalue weighted by atomic mass is 9.84. The average Bonchev–Trinajstić information content (AvgIpc) is 2.16. The Hall–Kier alpha value is -0.500. The molecule has 1 aliphatic rings. The average molecular weight is 183 g/mol. The van der Waals surface area contributed by atoms with Crippen LogP contribution in [0, 0.1) is 5.92 Å². The van der Waals surface area contributed by atoms with Crippen molar-refractivity contribution in [3.05, 3.63) is 12.3 Å². The highest BCUT2D eigenvalue weighted by molar-refractivity contribution is 4.84. The Bertz CT molecular complexity index is 159. The first-order chi connectivity index (χ1) is 6.22. The molecular formula is C11H21NO. The molecule has 0 aromatic rings. The van der Waals surface area contributed by atoms with Crippen molar-refractivity contribution >= 4 is 0 Å². The van der Waals surface area contributed by atoms with E-state index in [9.17, 15) is 0 Å². The summed E-state index contributed by atoms with van der Waals surface area (Å²) in [6.45, 7) is 3.83. The van der Waals surface area contributed by atoms with Gasteiger partial charge in [0.1, 0.15) is 0 Å². The summed E-state index contributed by atoms with van der Waals surface area (Å²) in [5, 5.41) is 0. The highest BCUT2D eigenvalue weighted by atomic mass is 16.5. The molecule has 0 spiro atoms. The summed E-state index contributed by atoms with van der Waals surface area (Å²) in [5.74, 6) is 1.77. The molecule has 0 heterocycles. The number of nitrogens with two attached hydrogens (primary N) is 1. The standard InChI is InChI=1S/C11H21NO/c1-9(13-2)3-4-10-5-7-11(12)8-6-10/h10-11H,1,3-8,12H2,2H3. The fourth-order valence-electron chi connectivity index (χ4n) is 1.94. The predicted octanol–water partition coefficient (Wildman–Crippen LogP) is 2.44.